The van der Waals surface area contributed by atoms with Gasteiger partial charge in [0.2, 0.25) is 0 Å². The quantitative estimate of drug-likeness (QED) is 0.0361. The van der Waals surface area contributed by atoms with Gasteiger partial charge in [0, 0.05) is 6.21 Å². The Balaban J connectivity index is 1.65. The monoisotopic (exact) mass is 849 g/mol. The normalized spacial score (nSPS) is 12.3. The van der Waals surface area contributed by atoms with E-state index in [2.05, 4.69) is 99.8 Å². The van der Waals surface area contributed by atoms with Gasteiger partial charge < -0.3 is 0 Å². The summed E-state index contributed by atoms with van der Waals surface area (Å²) in [7, 11) is 0. The molecule has 0 aliphatic heterocycles. The molecular formula is C60H100N2. The van der Waals surface area contributed by atoms with Gasteiger partial charge in [-0.2, -0.15) is 0 Å². The van der Waals surface area contributed by atoms with E-state index < -0.39 is 0 Å². The first kappa shape index (κ1) is 55.4. The van der Waals surface area contributed by atoms with Crippen LogP contribution in [0.4, 0.5) is 11.4 Å². The van der Waals surface area contributed by atoms with Gasteiger partial charge in [-0.25, -0.2) is 0 Å². The van der Waals surface area contributed by atoms with Crippen molar-refractivity contribution >= 4 is 23.3 Å². The zero-order valence-corrected chi connectivity index (χ0v) is 41.5. The Labute approximate surface area is 386 Å². The van der Waals surface area contributed by atoms with E-state index in [9.17, 15) is 0 Å². The molecule has 0 bridgehead atoms. The summed E-state index contributed by atoms with van der Waals surface area (Å²) in [6.07, 6.45) is 64.3. The van der Waals surface area contributed by atoms with E-state index in [0.29, 0.717) is 0 Å². The Hall–Kier alpha value is -2.74. The first-order chi connectivity index (χ1) is 30.8. The van der Waals surface area contributed by atoms with Crippen LogP contribution in [0, 0.1) is 0 Å². The lowest BCUT2D eigenvalue weighted by molar-refractivity contribution is 0.533. The lowest BCUT2D eigenvalue weighted by Crippen LogP contribution is -2.00. The minimum Gasteiger partial charge on any atom is -0.255 e. The Kier molecular flexibility index (Phi) is 38.9. The van der Waals surface area contributed by atoms with Gasteiger partial charge in [-0.15, -0.1) is 0 Å². The summed E-state index contributed by atoms with van der Waals surface area (Å²) < 4.78 is 0. The van der Waals surface area contributed by atoms with Crippen molar-refractivity contribution in [1.82, 2.24) is 0 Å². The Morgan fingerprint density at radius 1 is 0.355 bits per heavy atom. The number of hydrogen-bond acceptors (Lipinski definition) is 2. The van der Waals surface area contributed by atoms with Crippen molar-refractivity contribution in [3.05, 3.63) is 84.0 Å². The summed E-state index contributed by atoms with van der Waals surface area (Å²) in [5.74, 6) is 0. The van der Waals surface area contributed by atoms with E-state index in [1.54, 1.807) is 0 Å². The molecule has 350 valence electrons. The van der Waals surface area contributed by atoms with Gasteiger partial charge in [0.1, 0.15) is 0 Å². The average Bonchev–Trinajstić information content (AvgIpc) is 3.29. The zero-order chi connectivity index (χ0) is 44.1. The summed E-state index contributed by atoms with van der Waals surface area (Å²) in [6.45, 7) is 6.87. The van der Waals surface area contributed by atoms with E-state index in [4.69, 9.17) is 9.98 Å². The molecule has 0 heterocycles. The van der Waals surface area contributed by atoms with Gasteiger partial charge in [-0.3, -0.25) is 9.98 Å². The van der Waals surface area contributed by atoms with Crippen LogP contribution in [0.25, 0.3) is 0 Å². The SMILES string of the molecule is CCCCCCCCCCCCCCCCCC=CCCc1ccccc1N=CC(CCCC)=Nc1ccccc1CCC=CCCCCCCCCCCCCCCCCC. The van der Waals surface area contributed by atoms with E-state index in [1.165, 1.54) is 217 Å². The predicted octanol–water partition coefficient (Wildman–Crippen LogP) is 20.9. The fourth-order valence-corrected chi connectivity index (χ4v) is 8.70. The number of aryl methyl sites for hydroxylation is 2. The molecule has 0 fully saturated rings. The number of para-hydroxylation sites is 2. The molecule has 2 rings (SSSR count). The molecule has 2 nitrogen and oxygen atoms in total. The van der Waals surface area contributed by atoms with Crippen LogP contribution < -0.4 is 0 Å². The molecule has 0 radical (unpaired) electrons. The van der Waals surface area contributed by atoms with Crippen molar-refractivity contribution in [2.24, 2.45) is 9.98 Å². The minimum atomic E-state index is 0.956. The van der Waals surface area contributed by atoms with Crippen LogP contribution in [0.5, 0.6) is 0 Å². The molecule has 2 aromatic carbocycles. The van der Waals surface area contributed by atoms with Gasteiger partial charge in [-0.1, -0.05) is 268 Å². The van der Waals surface area contributed by atoms with E-state index in [0.717, 1.165) is 62.0 Å². The lowest BCUT2D eigenvalue weighted by atomic mass is 10.0. The van der Waals surface area contributed by atoms with Crippen molar-refractivity contribution in [3.63, 3.8) is 0 Å². The van der Waals surface area contributed by atoms with Gasteiger partial charge in [0.05, 0.1) is 17.1 Å². The van der Waals surface area contributed by atoms with Crippen molar-refractivity contribution in [3.8, 4) is 0 Å². The first-order valence-corrected chi connectivity index (χ1v) is 27.4. The number of benzene rings is 2. The van der Waals surface area contributed by atoms with E-state index in [1.807, 2.05) is 0 Å². The molecule has 2 aromatic rings. The van der Waals surface area contributed by atoms with Gasteiger partial charge in [-0.05, 0) is 87.5 Å². The fourth-order valence-electron chi connectivity index (χ4n) is 8.70. The second-order valence-corrected chi connectivity index (χ2v) is 18.7. The predicted molar refractivity (Wildman–Crippen MR) is 282 cm³/mol. The van der Waals surface area contributed by atoms with Crippen LogP contribution in [-0.2, 0) is 12.8 Å². The molecule has 0 N–H and O–H groups in total. The third-order valence-corrected chi connectivity index (χ3v) is 12.8. The Bertz CT molecular complexity index is 1380. The van der Waals surface area contributed by atoms with Gasteiger partial charge in [0.25, 0.3) is 0 Å². The lowest BCUT2D eigenvalue weighted by Gasteiger charge is -2.07. The summed E-state index contributed by atoms with van der Waals surface area (Å²) in [5.41, 5.74) is 5.93. The summed E-state index contributed by atoms with van der Waals surface area (Å²) in [6, 6.07) is 17.4. The van der Waals surface area contributed by atoms with Crippen LogP contribution in [0.2, 0.25) is 0 Å². The number of aliphatic imine (C=N–C) groups is 2. The van der Waals surface area contributed by atoms with Crippen molar-refractivity contribution < 1.29 is 0 Å². The molecular weight excluding hydrogens is 749 g/mol. The molecule has 0 saturated carbocycles. The topological polar surface area (TPSA) is 24.7 Å². The third kappa shape index (κ3) is 32.9. The largest absolute Gasteiger partial charge is 0.255 e. The highest BCUT2D eigenvalue weighted by molar-refractivity contribution is 6.31. The average molecular weight is 849 g/mol. The number of rotatable bonds is 44. The van der Waals surface area contributed by atoms with Crippen LogP contribution >= 0.6 is 0 Å². The smallest absolute Gasteiger partial charge is 0.0665 e. The number of nitrogens with zero attached hydrogens (tertiary/aromatic N) is 2. The molecule has 0 spiro atoms. The minimum absolute atomic E-state index is 0.956. The Morgan fingerprint density at radius 3 is 1.08 bits per heavy atom. The summed E-state index contributed by atoms with van der Waals surface area (Å²) in [5, 5.41) is 0. The maximum Gasteiger partial charge on any atom is 0.0665 e. The second kappa shape index (κ2) is 43.5. The summed E-state index contributed by atoms with van der Waals surface area (Å²) >= 11 is 0. The maximum atomic E-state index is 5.23. The molecule has 0 aromatic heterocycles. The van der Waals surface area contributed by atoms with Gasteiger partial charge in [0.15, 0.2) is 0 Å². The van der Waals surface area contributed by atoms with Crippen molar-refractivity contribution in [1.29, 1.82) is 0 Å². The molecule has 0 saturated heterocycles. The molecule has 62 heavy (non-hydrogen) atoms. The van der Waals surface area contributed by atoms with Crippen LogP contribution in [0.3, 0.4) is 0 Å². The van der Waals surface area contributed by atoms with Gasteiger partial charge >= 0.3 is 0 Å². The zero-order valence-electron chi connectivity index (χ0n) is 41.5. The molecule has 0 unspecified atom stereocenters. The number of unbranched alkanes of at least 4 members (excludes halogenated alkanes) is 31. The summed E-state index contributed by atoms with van der Waals surface area (Å²) in [4.78, 5) is 10.3. The van der Waals surface area contributed by atoms with Crippen LogP contribution in [-0.4, -0.2) is 11.9 Å². The molecule has 0 amide bonds. The van der Waals surface area contributed by atoms with E-state index in [-0.39, 0.29) is 0 Å². The standard InChI is InChI=1S/C60H100N2/c1-4-7-10-12-14-16-18-20-22-24-26-28-30-32-34-36-38-40-42-48-56-50-44-46-53-59(56)61-55-58(52-9-6-3)62-60-54-47-45-51-57(60)49-43-41-39-37-35-33-31-29-27-25-23-21-19-17-15-13-11-8-5-2/h38-41,44-47,50-51,53-55H,4-37,42-43,48-49,52H2,1-3H3. The first-order valence-electron chi connectivity index (χ1n) is 27.4. The highest BCUT2D eigenvalue weighted by atomic mass is 14.8. The highest BCUT2D eigenvalue weighted by Gasteiger charge is 2.05. The molecule has 0 aliphatic rings. The fraction of sp³-hybridized carbons (Fsp3) is 0.700. The number of hydrogen-bond donors (Lipinski definition) is 0. The third-order valence-electron chi connectivity index (χ3n) is 12.8. The molecule has 0 aliphatic carbocycles. The Morgan fingerprint density at radius 2 is 0.677 bits per heavy atom. The molecule has 0 atom stereocenters. The van der Waals surface area contributed by atoms with E-state index >= 15 is 0 Å². The number of allylic oxidation sites excluding steroid dienone is 4. The van der Waals surface area contributed by atoms with Crippen molar-refractivity contribution in [2.75, 3.05) is 0 Å². The second-order valence-electron chi connectivity index (χ2n) is 18.7. The molecule has 2 heteroatoms. The van der Waals surface area contributed by atoms with Crippen LogP contribution in [0.15, 0.2) is 82.8 Å². The highest BCUT2D eigenvalue weighted by Crippen LogP contribution is 2.24. The van der Waals surface area contributed by atoms with Crippen molar-refractivity contribution in [2.45, 2.75) is 271 Å². The maximum absolute atomic E-state index is 5.23. The van der Waals surface area contributed by atoms with Crippen LogP contribution in [0.1, 0.15) is 269 Å².